The van der Waals surface area contributed by atoms with Gasteiger partial charge in [-0.15, -0.1) is 0 Å². The SMILES string of the molecule is Cc1n[nH]c(C)c1N1CCC(=O)N(COCC[Si](C)(C)C)C1=O. The molecule has 1 aliphatic heterocycles. The zero-order valence-corrected chi connectivity index (χ0v) is 15.6. The van der Waals surface area contributed by atoms with Gasteiger partial charge in [-0.05, 0) is 19.9 Å². The van der Waals surface area contributed by atoms with Gasteiger partial charge in [0.15, 0.2) is 0 Å². The maximum Gasteiger partial charge on any atom is 0.333 e. The van der Waals surface area contributed by atoms with E-state index in [1.54, 1.807) is 4.90 Å². The fraction of sp³-hybridized carbons (Fsp3) is 0.667. The highest BCUT2D eigenvalue weighted by Gasteiger charge is 2.35. The molecule has 0 bridgehead atoms. The van der Waals surface area contributed by atoms with Crippen LogP contribution >= 0.6 is 0 Å². The molecule has 0 spiro atoms. The Morgan fingerprint density at radius 2 is 1.96 bits per heavy atom. The Morgan fingerprint density at radius 3 is 2.52 bits per heavy atom. The summed E-state index contributed by atoms with van der Waals surface area (Å²) in [5.41, 5.74) is 2.34. The first-order chi connectivity index (χ1) is 10.7. The highest BCUT2D eigenvalue weighted by molar-refractivity contribution is 6.76. The second-order valence-electron chi connectivity index (χ2n) is 7.14. The Labute approximate surface area is 138 Å². The Balaban J connectivity index is 2.02. The number of aromatic amines is 1. The molecule has 128 valence electrons. The lowest BCUT2D eigenvalue weighted by atomic mass is 10.2. The molecule has 23 heavy (non-hydrogen) atoms. The minimum atomic E-state index is -1.19. The van der Waals surface area contributed by atoms with Gasteiger partial charge in [-0.3, -0.25) is 14.8 Å². The second kappa shape index (κ2) is 6.84. The van der Waals surface area contributed by atoms with Gasteiger partial charge in [0, 0.05) is 27.6 Å². The zero-order valence-electron chi connectivity index (χ0n) is 14.6. The molecule has 7 nitrogen and oxygen atoms in total. The van der Waals surface area contributed by atoms with Crippen LogP contribution in [0.25, 0.3) is 0 Å². The van der Waals surface area contributed by atoms with Crippen molar-refractivity contribution in [2.45, 2.75) is 46.0 Å². The predicted octanol–water partition coefficient (Wildman–Crippen LogP) is 2.50. The van der Waals surface area contributed by atoms with E-state index >= 15 is 0 Å². The second-order valence-corrected chi connectivity index (χ2v) is 12.8. The summed E-state index contributed by atoms with van der Waals surface area (Å²) in [6.07, 6.45) is 0.299. The number of nitrogens with one attached hydrogen (secondary N) is 1. The van der Waals surface area contributed by atoms with E-state index in [0.717, 1.165) is 23.1 Å². The topological polar surface area (TPSA) is 78.5 Å². The first-order valence-corrected chi connectivity index (χ1v) is 11.6. The Morgan fingerprint density at radius 1 is 1.26 bits per heavy atom. The number of aryl methyl sites for hydroxylation is 2. The summed E-state index contributed by atoms with van der Waals surface area (Å²) < 4.78 is 5.59. The van der Waals surface area contributed by atoms with E-state index in [4.69, 9.17) is 4.74 Å². The van der Waals surface area contributed by atoms with Crippen molar-refractivity contribution in [2.24, 2.45) is 0 Å². The van der Waals surface area contributed by atoms with Gasteiger partial charge < -0.3 is 4.74 Å². The number of anilines is 1. The number of ether oxygens (including phenoxy) is 1. The molecule has 0 radical (unpaired) electrons. The molecule has 0 aromatic carbocycles. The molecular weight excluding hydrogens is 312 g/mol. The van der Waals surface area contributed by atoms with Crippen molar-refractivity contribution in [3.05, 3.63) is 11.4 Å². The van der Waals surface area contributed by atoms with E-state index in [9.17, 15) is 9.59 Å². The van der Waals surface area contributed by atoms with E-state index in [2.05, 4.69) is 29.8 Å². The Bertz CT molecular complexity index is 575. The molecule has 0 unspecified atom stereocenters. The van der Waals surface area contributed by atoms with Gasteiger partial charge in [0.25, 0.3) is 0 Å². The van der Waals surface area contributed by atoms with Crippen molar-refractivity contribution in [2.75, 3.05) is 24.8 Å². The summed E-state index contributed by atoms with van der Waals surface area (Å²) in [6, 6.07) is 0.675. The minimum absolute atomic E-state index is 0.0224. The number of aromatic nitrogens is 2. The maximum atomic E-state index is 12.6. The third kappa shape index (κ3) is 4.20. The molecule has 0 atom stereocenters. The van der Waals surface area contributed by atoms with Crippen LogP contribution in [0.1, 0.15) is 17.8 Å². The lowest BCUT2D eigenvalue weighted by molar-refractivity contribution is -0.133. The number of H-pyrrole nitrogens is 1. The molecule has 1 N–H and O–H groups in total. The van der Waals surface area contributed by atoms with Crippen LogP contribution in [0.5, 0.6) is 0 Å². The smallest absolute Gasteiger partial charge is 0.333 e. The number of nitrogens with zero attached hydrogens (tertiary/aromatic N) is 3. The molecule has 1 fully saturated rings. The zero-order chi connectivity index (χ0) is 17.2. The van der Waals surface area contributed by atoms with Crippen LogP contribution in [-0.2, 0) is 9.53 Å². The first kappa shape index (κ1) is 17.7. The van der Waals surface area contributed by atoms with E-state index < -0.39 is 8.07 Å². The van der Waals surface area contributed by atoms with E-state index in [1.165, 1.54) is 4.90 Å². The largest absolute Gasteiger partial charge is 0.361 e. The van der Waals surface area contributed by atoms with Gasteiger partial charge >= 0.3 is 6.03 Å². The van der Waals surface area contributed by atoms with Crippen LogP contribution in [0.4, 0.5) is 10.5 Å². The predicted molar refractivity (Wildman–Crippen MR) is 91.2 cm³/mol. The molecule has 2 rings (SSSR count). The number of amides is 3. The molecule has 1 aromatic heterocycles. The number of hydrogen-bond acceptors (Lipinski definition) is 4. The van der Waals surface area contributed by atoms with Crippen molar-refractivity contribution < 1.29 is 14.3 Å². The van der Waals surface area contributed by atoms with Gasteiger partial charge in [0.05, 0.1) is 17.1 Å². The molecule has 0 saturated carbocycles. The fourth-order valence-corrected chi connectivity index (χ4v) is 3.26. The fourth-order valence-electron chi connectivity index (χ4n) is 2.50. The quantitative estimate of drug-likeness (QED) is 0.638. The van der Waals surface area contributed by atoms with Gasteiger partial charge in [0.1, 0.15) is 6.73 Å². The third-order valence-corrected chi connectivity index (χ3v) is 5.59. The highest BCUT2D eigenvalue weighted by atomic mass is 28.3. The van der Waals surface area contributed by atoms with E-state index in [0.29, 0.717) is 19.6 Å². The van der Waals surface area contributed by atoms with Crippen molar-refractivity contribution in [3.63, 3.8) is 0 Å². The summed E-state index contributed by atoms with van der Waals surface area (Å²) in [4.78, 5) is 27.5. The number of imide groups is 1. The van der Waals surface area contributed by atoms with Crippen LogP contribution < -0.4 is 4.90 Å². The standard InChI is InChI=1S/C15H26N4O3Si/c1-11-14(12(2)17-16-11)18-7-6-13(20)19(15(18)21)10-22-8-9-23(3,4)5/h6-10H2,1-5H3,(H,16,17). The average Bonchev–Trinajstić information content (AvgIpc) is 2.77. The molecule has 2 heterocycles. The van der Waals surface area contributed by atoms with Gasteiger partial charge in [-0.1, -0.05) is 19.6 Å². The molecule has 1 aliphatic rings. The minimum Gasteiger partial charge on any atom is -0.361 e. The molecular formula is C15H26N4O3Si. The van der Waals surface area contributed by atoms with Crippen molar-refractivity contribution in [3.8, 4) is 0 Å². The van der Waals surface area contributed by atoms with Crippen molar-refractivity contribution >= 4 is 25.7 Å². The first-order valence-electron chi connectivity index (χ1n) is 7.92. The van der Waals surface area contributed by atoms with Crippen molar-refractivity contribution in [1.82, 2.24) is 15.1 Å². The summed E-state index contributed by atoms with van der Waals surface area (Å²) in [5, 5.41) is 7.00. The van der Waals surface area contributed by atoms with E-state index in [1.807, 2.05) is 13.8 Å². The van der Waals surface area contributed by atoms with Crippen molar-refractivity contribution in [1.29, 1.82) is 0 Å². The number of urea groups is 1. The van der Waals surface area contributed by atoms with Gasteiger partial charge in [-0.25, -0.2) is 9.69 Å². The van der Waals surface area contributed by atoms with Gasteiger partial charge in [0.2, 0.25) is 5.91 Å². The molecule has 0 aliphatic carbocycles. The molecule has 1 saturated heterocycles. The number of rotatable bonds is 6. The molecule has 3 amide bonds. The number of hydrogen-bond donors (Lipinski definition) is 1. The Kier molecular flexibility index (Phi) is 5.25. The average molecular weight is 338 g/mol. The monoisotopic (exact) mass is 338 g/mol. The molecule has 1 aromatic rings. The van der Waals surface area contributed by atoms with Crippen LogP contribution in [-0.4, -0.2) is 55.0 Å². The maximum absolute atomic E-state index is 12.6. The highest BCUT2D eigenvalue weighted by Crippen LogP contribution is 2.26. The third-order valence-electron chi connectivity index (χ3n) is 3.89. The summed E-state index contributed by atoms with van der Waals surface area (Å²) in [6.45, 7) is 11.5. The lowest BCUT2D eigenvalue weighted by Gasteiger charge is -2.34. The van der Waals surface area contributed by atoms with Gasteiger partial charge in [-0.2, -0.15) is 5.10 Å². The van der Waals surface area contributed by atoms with Crippen LogP contribution in [0.15, 0.2) is 0 Å². The number of carbonyl (C=O) groups is 2. The lowest BCUT2D eigenvalue weighted by Crippen LogP contribution is -2.53. The number of carbonyl (C=O) groups excluding carboxylic acids is 2. The van der Waals surface area contributed by atoms with Crippen LogP contribution in [0.3, 0.4) is 0 Å². The Hall–Kier alpha value is -1.67. The van der Waals surface area contributed by atoms with E-state index in [-0.39, 0.29) is 18.7 Å². The van der Waals surface area contributed by atoms with Crippen LogP contribution in [0, 0.1) is 13.8 Å². The normalized spacial score (nSPS) is 16.4. The summed E-state index contributed by atoms with van der Waals surface area (Å²) in [5.74, 6) is -0.182. The molecule has 8 heteroatoms. The summed E-state index contributed by atoms with van der Waals surface area (Å²) >= 11 is 0. The van der Waals surface area contributed by atoms with Crippen LogP contribution in [0.2, 0.25) is 25.7 Å². The summed E-state index contributed by atoms with van der Waals surface area (Å²) in [7, 11) is -1.19.